The molecule has 1 aliphatic rings. The lowest BCUT2D eigenvalue weighted by molar-refractivity contribution is -0.122. The molecule has 7 heteroatoms. The lowest BCUT2D eigenvalue weighted by Gasteiger charge is -2.26. The van der Waals surface area contributed by atoms with Crippen molar-refractivity contribution in [3.63, 3.8) is 0 Å². The van der Waals surface area contributed by atoms with Gasteiger partial charge in [0.1, 0.15) is 18.4 Å². The van der Waals surface area contributed by atoms with Crippen molar-refractivity contribution in [2.45, 2.75) is 31.8 Å². The van der Waals surface area contributed by atoms with E-state index in [0.29, 0.717) is 5.52 Å². The minimum atomic E-state index is -0.250. The molecule has 1 aliphatic carbocycles. The van der Waals surface area contributed by atoms with E-state index in [1.54, 1.807) is 22.1 Å². The molecule has 0 saturated carbocycles. The maximum Gasteiger partial charge on any atom is 0.291 e. The van der Waals surface area contributed by atoms with Gasteiger partial charge in [-0.15, -0.1) is 11.3 Å². The Morgan fingerprint density at radius 3 is 3.07 bits per heavy atom. The summed E-state index contributed by atoms with van der Waals surface area (Å²) < 4.78 is 4.05. The van der Waals surface area contributed by atoms with Crippen molar-refractivity contribution in [1.29, 1.82) is 0 Å². The van der Waals surface area contributed by atoms with Gasteiger partial charge in [0.25, 0.3) is 5.56 Å². The fourth-order valence-corrected chi connectivity index (χ4v) is 4.74. The number of nitrogens with one attached hydrogen (secondary N) is 1. The highest BCUT2D eigenvalue weighted by molar-refractivity contribution is 7.17. The Morgan fingerprint density at radius 1 is 1.26 bits per heavy atom. The molecule has 1 N–H and O–H groups in total. The number of rotatable bonds is 3. The van der Waals surface area contributed by atoms with Crippen molar-refractivity contribution in [1.82, 2.24) is 19.5 Å². The molecule has 4 aromatic rings. The summed E-state index contributed by atoms with van der Waals surface area (Å²) in [5, 5.41) is 9.26. The van der Waals surface area contributed by atoms with Gasteiger partial charge < -0.3 is 5.32 Å². The summed E-state index contributed by atoms with van der Waals surface area (Å²) in [5.41, 5.74) is 3.73. The molecule has 27 heavy (non-hydrogen) atoms. The Balaban J connectivity index is 1.40. The molecule has 0 radical (unpaired) electrons. The predicted molar refractivity (Wildman–Crippen MR) is 105 cm³/mol. The average Bonchev–Trinajstić information content (AvgIpc) is 3.26. The normalized spacial score (nSPS) is 16.5. The third-order valence-corrected chi connectivity index (χ3v) is 6.07. The average molecular weight is 378 g/mol. The number of aromatic nitrogens is 3. The van der Waals surface area contributed by atoms with Crippen LogP contribution >= 0.6 is 11.3 Å². The molecule has 1 aromatic carbocycles. The summed E-state index contributed by atoms with van der Waals surface area (Å²) in [5.74, 6) is -0.191. The van der Waals surface area contributed by atoms with E-state index in [4.69, 9.17) is 0 Å². The quantitative estimate of drug-likeness (QED) is 0.596. The Kier molecular flexibility index (Phi) is 3.82. The van der Waals surface area contributed by atoms with E-state index in [2.05, 4.69) is 22.5 Å². The second-order valence-corrected chi connectivity index (χ2v) is 7.82. The van der Waals surface area contributed by atoms with E-state index >= 15 is 0 Å². The lowest BCUT2D eigenvalue weighted by atomic mass is 9.88. The molecule has 0 unspecified atom stereocenters. The second-order valence-electron chi connectivity index (χ2n) is 6.87. The van der Waals surface area contributed by atoms with Crippen LogP contribution in [-0.4, -0.2) is 20.1 Å². The number of thiophene rings is 1. The van der Waals surface area contributed by atoms with Gasteiger partial charge >= 0.3 is 0 Å². The number of nitrogens with zero attached hydrogens (tertiary/aromatic N) is 3. The highest BCUT2D eigenvalue weighted by Crippen LogP contribution is 2.29. The molecule has 0 fully saturated rings. The lowest BCUT2D eigenvalue weighted by Crippen LogP contribution is -2.37. The van der Waals surface area contributed by atoms with Gasteiger partial charge in [-0.3, -0.25) is 14.0 Å². The van der Waals surface area contributed by atoms with Crippen molar-refractivity contribution in [2.75, 3.05) is 0 Å². The summed E-state index contributed by atoms with van der Waals surface area (Å²) >= 11 is 1.58. The van der Waals surface area contributed by atoms with Gasteiger partial charge in [0.15, 0.2) is 0 Å². The van der Waals surface area contributed by atoms with E-state index in [0.717, 1.165) is 29.5 Å². The van der Waals surface area contributed by atoms with Crippen molar-refractivity contribution in [2.24, 2.45) is 0 Å². The molecule has 136 valence electrons. The monoisotopic (exact) mass is 378 g/mol. The Bertz CT molecular complexity index is 1220. The molecule has 3 heterocycles. The number of fused-ring (bicyclic) bond motifs is 4. The molecule has 3 aromatic heterocycles. The number of hydrogen-bond acceptors (Lipinski definition) is 4. The van der Waals surface area contributed by atoms with Gasteiger partial charge in [-0.25, -0.2) is 4.68 Å². The van der Waals surface area contributed by atoms with E-state index in [1.807, 2.05) is 29.6 Å². The first-order valence-corrected chi connectivity index (χ1v) is 9.90. The summed E-state index contributed by atoms with van der Waals surface area (Å²) in [6.45, 7) is -0.0766. The Morgan fingerprint density at radius 2 is 2.15 bits per heavy atom. The van der Waals surface area contributed by atoms with Crippen molar-refractivity contribution < 1.29 is 4.79 Å². The molecule has 5 rings (SSSR count). The first-order chi connectivity index (χ1) is 13.2. The van der Waals surface area contributed by atoms with Crippen LogP contribution in [0.15, 0.2) is 52.9 Å². The van der Waals surface area contributed by atoms with Crippen LogP contribution in [0.25, 0.3) is 15.7 Å². The Labute approximate surface area is 159 Å². The second kappa shape index (κ2) is 6.35. The zero-order valence-electron chi connectivity index (χ0n) is 14.6. The van der Waals surface area contributed by atoms with Crippen LogP contribution in [0.4, 0.5) is 0 Å². The number of carbonyl (C=O) groups excluding carboxylic acids is 1. The zero-order chi connectivity index (χ0) is 18.4. The maximum absolute atomic E-state index is 12.7. The minimum absolute atomic E-state index is 0.000483. The molecule has 0 bridgehead atoms. The standard InChI is InChI=1S/C20H18N4O2S/c25-19(22-15-7-3-5-13-4-1-2-6-14(13)15)11-24-20(26)17-10-18-16(8-9-27-18)23(17)12-21-24/h1-2,4,6,8-10,12,15H,3,5,7,11H2,(H,22,25)/t15-/m1/s1. The van der Waals surface area contributed by atoms with Crippen LogP contribution in [0.1, 0.15) is 30.0 Å². The van der Waals surface area contributed by atoms with Crippen LogP contribution in [0.2, 0.25) is 0 Å². The van der Waals surface area contributed by atoms with Crippen molar-refractivity contribution >= 4 is 33.0 Å². The predicted octanol–water partition coefficient (Wildman–Crippen LogP) is 2.90. The van der Waals surface area contributed by atoms with Gasteiger partial charge in [0.2, 0.25) is 5.91 Å². The Hall–Kier alpha value is -2.93. The van der Waals surface area contributed by atoms with Crippen molar-refractivity contribution in [3.05, 3.63) is 69.6 Å². The van der Waals surface area contributed by atoms with Gasteiger partial charge in [-0.05, 0) is 47.9 Å². The third kappa shape index (κ3) is 2.75. The summed E-state index contributed by atoms with van der Waals surface area (Å²) in [6, 6.07) is 12.0. The van der Waals surface area contributed by atoms with Crippen LogP contribution < -0.4 is 10.9 Å². The van der Waals surface area contributed by atoms with Crippen LogP contribution in [0, 0.1) is 0 Å². The topological polar surface area (TPSA) is 68.4 Å². The van der Waals surface area contributed by atoms with Gasteiger partial charge in [-0.2, -0.15) is 5.10 Å². The van der Waals surface area contributed by atoms with E-state index in [1.165, 1.54) is 15.8 Å². The first-order valence-electron chi connectivity index (χ1n) is 9.02. The van der Waals surface area contributed by atoms with E-state index in [-0.39, 0.29) is 24.1 Å². The molecule has 0 aliphatic heterocycles. The van der Waals surface area contributed by atoms with Gasteiger partial charge in [0.05, 0.1) is 16.3 Å². The van der Waals surface area contributed by atoms with Crippen LogP contribution in [0.5, 0.6) is 0 Å². The van der Waals surface area contributed by atoms with Crippen LogP contribution in [0.3, 0.4) is 0 Å². The molecule has 0 saturated heterocycles. The summed E-state index contributed by atoms with van der Waals surface area (Å²) in [7, 11) is 0. The van der Waals surface area contributed by atoms with E-state index < -0.39 is 0 Å². The van der Waals surface area contributed by atoms with Crippen LogP contribution in [-0.2, 0) is 17.8 Å². The van der Waals surface area contributed by atoms with Crippen molar-refractivity contribution in [3.8, 4) is 0 Å². The molecular formula is C20H18N4O2S. The smallest absolute Gasteiger partial charge is 0.291 e. The van der Waals surface area contributed by atoms with Gasteiger partial charge in [-0.1, -0.05) is 24.3 Å². The number of hydrogen-bond donors (Lipinski definition) is 1. The number of carbonyl (C=O) groups is 1. The fraction of sp³-hybridized carbons (Fsp3) is 0.250. The minimum Gasteiger partial charge on any atom is -0.348 e. The molecule has 6 nitrogen and oxygen atoms in total. The van der Waals surface area contributed by atoms with Gasteiger partial charge in [0, 0.05) is 0 Å². The fourth-order valence-electron chi connectivity index (χ4n) is 3.93. The first kappa shape index (κ1) is 16.3. The number of aryl methyl sites for hydroxylation is 1. The molecule has 0 spiro atoms. The number of amides is 1. The highest BCUT2D eigenvalue weighted by atomic mass is 32.1. The third-order valence-electron chi connectivity index (χ3n) is 5.22. The molecule has 1 atom stereocenters. The SMILES string of the molecule is O=C(Cn1ncn2c(cc3sccc32)c1=O)N[C@@H]1CCCc2ccccc21. The molecular weight excluding hydrogens is 360 g/mol. The van der Waals surface area contributed by atoms with E-state index in [9.17, 15) is 9.59 Å². The highest BCUT2D eigenvalue weighted by Gasteiger charge is 2.22. The summed E-state index contributed by atoms with van der Waals surface area (Å²) in [6.07, 6.45) is 4.62. The number of benzene rings is 1. The maximum atomic E-state index is 12.7. The molecule has 1 amide bonds. The zero-order valence-corrected chi connectivity index (χ0v) is 15.4. The largest absolute Gasteiger partial charge is 0.348 e. The summed E-state index contributed by atoms with van der Waals surface area (Å²) in [4.78, 5) is 25.3.